The van der Waals surface area contributed by atoms with Gasteiger partial charge in [-0.1, -0.05) is 30.3 Å². The highest BCUT2D eigenvalue weighted by Crippen LogP contribution is 2.29. The number of nitrogens with one attached hydrogen (secondary N) is 2. The fraction of sp³-hybridized carbons (Fsp3) is 0.0345. The van der Waals surface area contributed by atoms with Gasteiger partial charge in [0.1, 0.15) is 12.1 Å². The third kappa shape index (κ3) is 6.01. The molecule has 0 saturated heterocycles. The van der Waals surface area contributed by atoms with Gasteiger partial charge < -0.3 is 31.7 Å². The van der Waals surface area contributed by atoms with Gasteiger partial charge >= 0.3 is 17.9 Å². The lowest BCUT2D eigenvalue weighted by Gasteiger charge is -2.12. The Balaban J connectivity index is 1.64. The van der Waals surface area contributed by atoms with Crippen molar-refractivity contribution < 1.29 is 34.5 Å². The monoisotopic (exact) mass is 594 g/mol. The predicted molar refractivity (Wildman–Crippen MR) is 157 cm³/mol. The van der Waals surface area contributed by atoms with Crippen molar-refractivity contribution in [3.8, 4) is 17.2 Å². The zero-order valence-corrected chi connectivity index (χ0v) is 22.7. The number of nitrogens with zero attached hydrogens (tertiary/aromatic N) is 5. The van der Waals surface area contributed by atoms with E-state index >= 15 is 0 Å². The normalized spacial score (nSPS) is 10.7. The number of nitrogen functional groups attached to an aromatic ring is 1. The van der Waals surface area contributed by atoms with E-state index in [1.807, 2.05) is 30.3 Å². The third-order valence-corrected chi connectivity index (χ3v) is 6.31. The fourth-order valence-corrected chi connectivity index (χ4v) is 4.22. The Hall–Kier alpha value is -6.64. The number of carboxylic acid groups (broad SMARTS) is 3. The number of nitrogens with two attached hydrogens (primary N) is 1. The topological polar surface area (TPSA) is 236 Å². The molecule has 5 rings (SSSR count). The number of benzene rings is 3. The molecule has 0 spiro atoms. The molecule has 0 saturated carbocycles. The number of aromatic carboxylic acids is 3. The van der Waals surface area contributed by atoms with Crippen molar-refractivity contribution in [2.45, 2.75) is 6.92 Å². The first kappa shape index (κ1) is 28.9. The summed E-state index contributed by atoms with van der Waals surface area (Å²) in [6.07, 6.45) is 0.483. The Morgan fingerprint density at radius 3 is 1.82 bits per heavy atom. The predicted octanol–water partition coefficient (Wildman–Crippen LogP) is 4.01. The first-order valence-corrected chi connectivity index (χ1v) is 12.7. The van der Waals surface area contributed by atoms with Crippen LogP contribution in [0.2, 0.25) is 0 Å². The minimum atomic E-state index is -1.35. The van der Waals surface area contributed by atoms with Gasteiger partial charge in [-0.15, -0.1) is 0 Å². The van der Waals surface area contributed by atoms with Gasteiger partial charge in [-0.25, -0.2) is 14.4 Å². The highest BCUT2D eigenvalue weighted by Gasteiger charge is 2.20. The quantitative estimate of drug-likeness (QED) is 0.125. The Morgan fingerprint density at radius 2 is 1.30 bits per heavy atom. The van der Waals surface area contributed by atoms with Crippen molar-refractivity contribution in [1.29, 1.82) is 0 Å². The average molecular weight is 595 g/mol. The zero-order valence-electron chi connectivity index (χ0n) is 22.7. The van der Waals surface area contributed by atoms with Crippen molar-refractivity contribution in [3.63, 3.8) is 0 Å². The summed E-state index contributed by atoms with van der Waals surface area (Å²) in [7, 11) is 0. The Morgan fingerprint density at radius 1 is 0.773 bits per heavy atom. The molecule has 220 valence electrons. The van der Waals surface area contributed by atoms with Crippen LogP contribution in [0.15, 0.2) is 66.7 Å². The second-order valence-electron chi connectivity index (χ2n) is 9.35. The lowest BCUT2D eigenvalue weighted by molar-refractivity contribution is 0.0682. The Bertz CT molecular complexity index is 1930. The molecule has 15 heteroatoms. The van der Waals surface area contributed by atoms with Gasteiger partial charge in [0.15, 0.2) is 0 Å². The van der Waals surface area contributed by atoms with Crippen LogP contribution in [0, 0.1) is 6.92 Å². The molecular weight excluding hydrogens is 572 g/mol. The summed E-state index contributed by atoms with van der Waals surface area (Å²) in [6.45, 7) is 1.77. The molecule has 0 fully saturated rings. The molecule has 0 bridgehead atoms. The van der Waals surface area contributed by atoms with E-state index in [1.54, 1.807) is 6.92 Å². The smallest absolute Gasteiger partial charge is 0.335 e. The number of carbonyl (C=O) groups excluding carboxylic acids is 1. The lowest BCUT2D eigenvalue weighted by atomic mass is 10.1. The molecule has 0 aliphatic heterocycles. The van der Waals surface area contributed by atoms with Crippen molar-refractivity contribution in [3.05, 3.63) is 94.5 Å². The summed E-state index contributed by atoms with van der Waals surface area (Å²) in [5.74, 6) is -4.18. The molecule has 0 unspecified atom stereocenters. The largest absolute Gasteiger partial charge is 0.478 e. The van der Waals surface area contributed by atoms with Crippen LogP contribution in [0.5, 0.6) is 0 Å². The van der Waals surface area contributed by atoms with Gasteiger partial charge in [-0.3, -0.25) is 4.79 Å². The van der Waals surface area contributed by atoms with E-state index in [0.717, 1.165) is 11.6 Å². The molecule has 7 N–H and O–H groups in total. The Kier molecular flexibility index (Phi) is 7.67. The molecule has 0 aliphatic rings. The van der Waals surface area contributed by atoms with Crippen molar-refractivity contribution in [1.82, 2.24) is 24.7 Å². The van der Waals surface area contributed by atoms with E-state index in [2.05, 4.69) is 30.7 Å². The number of carboxylic acids is 3. The average Bonchev–Trinajstić information content (AvgIpc) is 3.30. The number of rotatable bonds is 10. The molecule has 2 heterocycles. The van der Waals surface area contributed by atoms with Crippen molar-refractivity contribution >= 4 is 53.3 Å². The maximum atomic E-state index is 11.6. The van der Waals surface area contributed by atoms with E-state index < -0.39 is 17.9 Å². The van der Waals surface area contributed by atoms with E-state index in [-0.39, 0.29) is 57.3 Å². The van der Waals surface area contributed by atoms with Crippen LogP contribution in [0.4, 0.5) is 29.1 Å². The number of aromatic nitrogens is 5. The second kappa shape index (κ2) is 11.7. The molecule has 15 nitrogen and oxygen atoms in total. The Labute approximate surface area is 247 Å². The number of carbonyl (C=O) groups is 4. The molecule has 44 heavy (non-hydrogen) atoms. The summed E-state index contributed by atoms with van der Waals surface area (Å²) < 4.78 is 1.26. The highest BCUT2D eigenvalue weighted by molar-refractivity contribution is 5.96. The summed E-state index contributed by atoms with van der Waals surface area (Å²) in [5.41, 5.74) is 7.86. The van der Waals surface area contributed by atoms with Gasteiger partial charge in [0.25, 0.3) is 5.95 Å². The van der Waals surface area contributed by atoms with Gasteiger partial charge in [-0.2, -0.15) is 24.7 Å². The second-order valence-corrected chi connectivity index (χ2v) is 9.35. The fourth-order valence-electron chi connectivity index (χ4n) is 4.22. The van der Waals surface area contributed by atoms with Crippen LogP contribution in [0.25, 0.3) is 17.2 Å². The minimum Gasteiger partial charge on any atom is -0.478 e. The van der Waals surface area contributed by atoms with Gasteiger partial charge in [0.05, 0.1) is 22.4 Å². The van der Waals surface area contributed by atoms with Gasteiger partial charge in [0, 0.05) is 28.1 Å². The number of hydrogen-bond acceptors (Lipinski definition) is 11. The van der Waals surface area contributed by atoms with Crippen molar-refractivity contribution in [2.75, 3.05) is 16.4 Å². The molecular formula is C29H22N8O7. The maximum absolute atomic E-state index is 11.6. The first-order chi connectivity index (χ1) is 21.0. The van der Waals surface area contributed by atoms with Crippen LogP contribution in [0.1, 0.15) is 47.0 Å². The van der Waals surface area contributed by atoms with E-state index in [4.69, 9.17) is 5.73 Å². The van der Waals surface area contributed by atoms with Crippen LogP contribution in [-0.2, 0) is 0 Å². The molecule has 0 amide bonds. The van der Waals surface area contributed by atoms with Crippen molar-refractivity contribution in [2.24, 2.45) is 0 Å². The minimum absolute atomic E-state index is 0.0381. The standard InChI is InChI=1S/C29H22N8O7/c1-14-22(16-5-3-2-4-6-16)36-37(23(14)30)29-34-27(31-20-8-15(13-38)7-17(10-20)24(39)40)33-28(35-29)32-21-11-18(25(41)42)9-19(12-21)26(43)44/h2-13H,30H2,1H3,(H,39,40)(H,41,42)(H,43,44)(H2,31,32,33,34,35). The van der Waals surface area contributed by atoms with E-state index in [1.165, 1.54) is 35.0 Å². The molecule has 0 atom stereocenters. The van der Waals surface area contributed by atoms with Gasteiger partial charge in [-0.05, 0) is 43.3 Å². The van der Waals surface area contributed by atoms with Gasteiger partial charge in [0.2, 0.25) is 11.9 Å². The van der Waals surface area contributed by atoms with Crippen LogP contribution >= 0.6 is 0 Å². The third-order valence-electron chi connectivity index (χ3n) is 6.31. The highest BCUT2D eigenvalue weighted by atomic mass is 16.4. The molecule has 0 aliphatic carbocycles. The van der Waals surface area contributed by atoms with Crippen LogP contribution in [-0.4, -0.2) is 64.2 Å². The number of aldehydes is 1. The molecule has 2 aromatic heterocycles. The molecule has 3 aromatic carbocycles. The maximum Gasteiger partial charge on any atom is 0.335 e. The van der Waals surface area contributed by atoms with Crippen LogP contribution in [0.3, 0.4) is 0 Å². The van der Waals surface area contributed by atoms with E-state index in [9.17, 15) is 34.5 Å². The SMILES string of the molecule is Cc1c(-c2ccccc2)nn(-c2nc(Nc3cc(C=O)cc(C(=O)O)c3)nc(Nc3cc(C(=O)O)cc(C(=O)O)c3)n2)c1N. The number of hydrogen-bond donors (Lipinski definition) is 6. The first-order valence-electron chi connectivity index (χ1n) is 12.7. The number of anilines is 5. The van der Waals surface area contributed by atoms with Crippen LogP contribution < -0.4 is 16.4 Å². The molecule has 0 radical (unpaired) electrons. The van der Waals surface area contributed by atoms with E-state index in [0.29, 0.717) is 17.5 Å². The summed E-state index contributed by atoms with van der Waals surface area (Å²) >= 11 is 0. The summed E-state index contributed by atoms with van der Waals surface area (Å²) in [5, 5.41) is 38.7. The zero-order chi connectivity index (χ0) is 31.5. The lowest BCUT2D eigenvalue weighted by Crippen LogP contribution is -2.13. The summed E-state index contributed by atoms with van der Waals surface area (Å²) in [6, 6.07) is 16.5. The molecule has 5 aromatic rings. The summed E-state index contributed by atoms with van der Waals surface area (Å²) in [4.78, 5) is 59.4.